The fourth-order valence-electron chi connectivity index (χ4n) is 1.13. The number of non-ortho nitro benzene ring substituents is 1. The van der Waals surface area contributed by atoms with E-state index in [-0.39, 0.29) is 23.0 Å². The summed E-state index contributed by atoms with van der Waals surface area (Å²) in [7, 11) is 0. The van der Waals surface area contributed by atoms with Gasteiger partial charge >= 0.3 is 17.8 Å². The second-order valence-corrected chi connectivity index (χ2v) is 3.38. The summed E-state index contributed by atoms with van der Waals surface area (Å²) in [4.78, 5) is 9.41. The normalized spacial score (nSPS) is 11.2. The minimum absolute atomic E-state index is 0.0206. The van der Waals surface area contributed by atoms with Crippen molar-refractivity contribution < 1.29 is 22.3 Å². The van der Waals surface area contributed by atoms with Crippen LogP contribution < -0.4 is 0 Å². The summed E-state index contributed by atoms with van der Waals surface area (Å²) in [5.41, 5.74) is -2.03. The number of nitrogens with zero attached hydrogens (tertiary/aromatic N) is 1. The van der Waals surface area contributed by atoms with Gasteiger partial charge in [-0.3, -0.25) is 10.1 Å². The van der Waals surface area contributed by atoms with Crippen molar-refractivity contribution >= 4 is 17.4 Å². The van der Waals surface area contributed by atoms with Gasteiger partial charge in [-0.2, -0.15) is 13.2 Å². The molecule has 0 aromatic heterocycles. The third-order valence-corrected chi connectivity index (χ3v) is 2.25. The van der Waals surface area contributed by atoms with Crippen LogP contribution in [-0.4, -0.2) is 4.92 Å². The minimum Gasteiger partial charge on any atom is -0.258 e. The number of alkyl halides is 3. The second kappa shape index (κ2) is 4.52. The highest BCUT2D eigenvalue weighted by Crippen LogP contribution is 2.34. The molecule has 86 valence electrons. The average Bonchev–Trinajstić information content (AvgIpc) is 2.16. The van der Waals surface area contributed by atoms with Gasteiger partial charge in [0, 0.05) is 21.9 Å². The van der Waals surface area contributed by atoms with E-state index in [1.54, 1.807) is 0 Å². The van der Waals surface area contributed by atoms with E-state index >= 15 is 0 Å². The van der Waals surface area contributed by atoms with Crippen molar-refractivity contribution in [2.75, 3.05) is 0 Å². The molecule has 4 nitrogen and oxygen atoms in total. The maximum atomic E-state index is 12.5. The Morgan fingerprint density at radius 2 is 2.00 bits per heavy atom. The Morgan fingerprint density at radius 3 is 2.44 bits per heavy atom. The molecule has 0 unspecified atom stereocenters. The lowest BCUT2D eigenvalue weighted by Gasteiger charge is -2.08. The van der Waals surface area contributed by atoms with E-state index in [0.29, 0.717) is 6.07 Å². The number of hydrogen-bond donors (Lipinski definition) is 0. The molecule has 0 aliphatic heterocycles. The van der Waals surface area contributed by atoms with Crippen LogP contribution in [0.2, 0.25) is 0 Å². The van der Waals surface area contributed by atoms with Gasteiger partial charge in [0.1, 0.15) is 0 Å². The summed E-state index contributed by atoms with van der Waals surface area (Å²) in [6.45, 7) is 0. The molecule has 0 aliphatic carbocycles. The van der Waals surface area contributed by atoms with Gasteiger partial charge in [-0.05, 0) is 6.07 Å². The fourth-order valence-corrected chi connectivity index (χ4v) is 1.51. The molecule has 0 saturated carbocycles. The molecule has 1 rings (SSSR count). The Bertz CT molecular complexity index is 433. The van der Waals surface area contributed by atoms with E-state index in [2.05, 4.69) is 0 Å². The molecule has 0 bridgehead atoms. The van der Waals surface area contributed by atoms with Crippen LogP contribution in [-0.2, 0) is 27.8 Å². The number of hydrogen-bond acceptors (Lipinski definition) is 3. The molecule has 0 atom stereocenters. The molecule has 0 aliphatic rings. The van der Waals surface area contributed by atoms with Crippen LogP contribution in [0, 0.1) is 10.1 Å². The summed E-state index contributed by atoms with van der Waals surface area (Å²) in [6.07, 6.45) is -4.70. The first-order valence-corrected chi connectivity index (χ1v) is 4.86. The third-order valence-electron chi connectivity index (χ3n) is 1.82. The van der Waals surface area contributed by atoms with E-state index in [1.165, 1.54) is 0 Å². The SMILES string of the molecule is O=[S+]Cc1ccc([N+](=O)[O-])cc1C(F)(F)F. The van der Waals surface area contributed by atoms with Gasteiger partial charge in [0.25, 0.3) is 11.4 Å². The van der Waals surface area contributed by atoms with Crippen LogP contribution in [0.15, 0.2) is 18.2 Å². The maximum absolute atomic E-state index is 12.5. The Hall–Kier alpha value is -1.57. The third kappa shape index (κ3) is 2.72. The lowest BCUT2D eigenvalue weighted by molar-refractivity contribution is -0.385. The second-order valence-electron chi connectivity index (χ2n) is 2.86. The van der Waals surface area contributed by atoms with Gasteiger partial charge in [0.05, 0.1) is 10.5 Å². The van der Waals surface area contributed by atoms with Gasteiger partial charge in [-0.1, -0.05) is 0 Å². The average molecular weight is 252 g/mol. The molecule has 1 aromatic carbocycles. The van der Waals surface area contributed by atoms with Crippen molar-refractivity contribution in [2.45, 2.75) is 11.9 Å². The Balaban J connectivity index is 3.32. The fraction of sp³-hybridized carbons (Fsp3) is 0.250. The predicted molar refractivity (Wildman–Crippen MR) is 49.9 cm³/mol. The molecule has 0 radical (unpaired) electrons. The van der Waals surface area contributed by atoms with E-state index < -0.39 is 22.4 Å². The zero-order valence-corrected chi connectivity index (χ0v) is 8.47. The molecular weight excluding hydrogens is 247 g/mol. The van der Waals surface area contributed by atoms with Gasteiger partial charge in [0.2, 0.25) is 0 Å². The number of halogens is 3. The number of nitro benzene ring substituents is 1. The minimum atomic E-state index is -4.70. The Kier molecular flexibility index (Phi) is 3.53. The number of nitro groups is 1. The van der Waals surface area contributed by atoms with Crippen LogP contribution in [0.4, 0.5) is 18.9 Å². The lowest BCUT2D eigenvalue weighted by atomic mass is 10.1. The summed E-state index contributed by atoms with van der Waals surface area (Å²) < 4.78 is 47.7. The molecule has 0 fully saturated rings. The standard InChI is InChI=1S/C8H5F3NO3S/c9-8(10,11)7-3-6(12(13)14)2-1-5(7)4-16-15/h1-3H,4H2/q+1. The first kappa shape index (κ1) is 12.5. The molecule has 0 spiro atoms. The quantitative estimate of drug-likeness (QED) is 0.472. The van der Waals surface area contributed by atoms with E-state index in [0.717, 1.165) is 12.1 Å². The zero-order valence-electron chi connectivity index (χ0n) is 7.65. The van der Waals surface area contributed by atoms with Crippen LogP contribution in [0.25, 0.3) is 0 Å². The van der Waals surface area contributed by atoms with Crippen molar-refractivity contribution in [3.8, 4) is 0 Å². The Morgan fingerprint density at radius 1 is 1.38 bits per heavy atom. The van der Waals surface area contributed by atoms with Crippen molar-refractivity contribution in [2.24, 2.45) is 0 Å². The van der Waals surface area contributed by atoms with E-state index in [4.69, 9.17) is 0 Å². The summed E-state index contributed by atoms with van der Waals surface area (Å²) in [5, 5.41) is 10.3. The van der Waals surface area contributed by atoms with Crippen LogP contribution in [0.5, 0.6) is 0 Å². The number of benzene rings is 1. The highest BCUT2D eigenvalue weighted by Gasteiger charge is 2.36. The van der Waals surface area contributed by atoms with Crippen LogP contribution in [0.1, 0.15) is 11.1 Å². The molecule has 0 heterocycles. The van der Waals surface area contributed by atoms with Gasteiger partial charge in [-0.25, -0.2) is 0 Å². The summed E-state index contributed by atoms with van der Waals surface area (Å²) >= 11 is -0.0206. The lowest BCUT2D eigenvalue weighted by Crippen LogP contribution is -2.09. The topological polar surface area (TPSA) is 60.2 Å². The molecule has 8 heteroatoms. The zero-order chi connectivity index (χ0) is 12.3. The van der Waals surface area contributed by atoms with Crippen molar-refractivity contribution in [3.05, 3.63) is 39.4 Å². The van der Waals surface area contributed by atoms with Crippen LogP contribution >= 0.6 is 0 Å². The molecule has 0 saturated heterocycles. The van der Waals surface area contributed by atoms with E-state index in [9.17, 15) is 27.5 Å². The molecule has 0 amide bonds. The smallest absolute Gasteiger partial charge is 0.258 e. The molecule has 1 aromatic rings. The molecular formula is C8H5F3NO3S+. The highest BCUT2D eigenvalue weighted by molar-refractivity contribution is 7.64. The monoisotopic (exact) mass is 252 g/mol. The predicted octanol–water partition coefficient (Wildman–Crippen LogP) is 2.54. The highest BCUT2D eigenvalue weighted by atomic mass is 32.1. The van der Waals surface area contributed by atoms with Gasteiger partial charge in [-0.15, -0.1) is 0 Å². The van der Waals surface area contributed by atoms with E-state index in [1.807, 2.05) is 0 Å². The first-order chi connectivity index (χ1) is 7.36. The maximum Gasteiger partial charge on any atom is 0.463 e. The van der Waals surface area contributed by atoms with Crippen molar-refractivity contribution in [1.82, 2.24) is 0 Å². The molecule has 0 N–H and O–H groups in total. The van der Waals surface area contributed by atoms with Gasteiger partial charge < -0.3 is 0 Å². The summed E-state index contributed by atoms with van der Waals surface area (Å²) in [6, 6.07) is 2.33. The Labute approximate surface area is 91.7 Å². The first-order valence-electron chi connectivity index (χ1n) is 3.95. The number of rotatable bonds is 3. The summed E-state index contributed by atoms with van der Waals surface area (Å²) in [5.74, 6) is -0.382. The van der Waals surface area contributed by atoms with Gasteiger partial charge in [0.15, 0.2) is 0 Å². The van der Waals surface area contributed by atoms with Crippen molar-refractivity contribution in [3.63, 3.8) is 0 Å². The van der Waals surface area contributed by atoms with Crippen LogP contribution in [0.3, 0.4) is 0 Å². The largest absolute Gasteiger partial charge is 0.463 e. The molecule has 16 heavy (non-hydrogen) atoms. The van der Waals surface area contributed by atoms with Crippen molar-refractivity contribution in [1.29, 1.82) is 0 Å².